The highest BCUT2D eigenvalue weighted by Crippen LogP contribution is 2.60. The smallest absolute Gasteiger partial charge is 0.277 e. The van der Waals surface area contributed by atoms with E-state index >= 15 is 0 Å². The third-order valence-electron chi connectivity index (χ3n) is 6.44. The van der Waals surface area contributed by atoms with Crippen LogP contribution in [0.5, 0.6) is 0 Å². The zero-order valence-corrected chi connectivity index (χ0v) is 15.0. The van der Waals surface area contributed by atoms with Crippen molar-refractivity contribution in [2.45, 2.75) is 61.3 Å². The highest BCUT2D eigenvalue weighted by molar-refractivity contribution is 7.99. The van der Waals surface area contributed by atoms with Gasteiger partial charge in [0, 0.05) is 10.7 Å². The molecular weight excluding hydrogens is 316 g/mol. The Hall–Kier alpha value is -1.29. The third-order valence-corrected chi connectivity index (χ3v) is 7.44. The van der Waals surface area contributed by atoms with Crippen molar-refractivity contribution < 1.29 is 4.42 Å². The van der Waals surface area contributed by atoms with Crippen LogP contribution < -0.4 is 0 Å². The van der Waals surface area contributed by atoms with Crippen molar-refractivity contribution in [2.24, 2.45) is 17.8 Å². The highest BCUT2D eigenvalue weighted by Gasteiger charge is 2.54. The van der Waals surface area contributed by atoms with Crippen LogP contribution in [0.1, 0.15) is 62.2 Å². The fourth-order valence-electron chi connectivity index (χ4n) is 5.79. The fourth-order valence-corrected chi connectivity index (χ4v) is 6.60. The molecule has 1 atom stereocenters. The van der Waals surface area contributed by atoms with Crippen molar-refractivity contribution in [1.82, 2.24) is 10.2 Å². The molecule has 1 aromatic carbocycles. The molecule has 2 aromatic rings. The van der Waals surface area contributed by atoms with E-state index in [0.717, 1.165) is 28.9 Å². The van der Waals surface area contributed by atoms with Gasteiger partial charge in [-0.1, -0.05) is 42.1 Å². The van der Waals surface area contributed by atoms with Gasteiger partial charge in [0.05, 0.1) is 0 Å². The number of nitrogens with zero attached hydrogens (tertiary/aromatic N) is 2. The predicted molar refractivity (Wildman–Crippen MR) is 94.9 cm³/mol. The first kappa shape index (κ1) is 15.0. The molecule has 4 bridgehead atoms. The topological polar surface area (TPSA) is 38.9 Å². The maximum atomic E-state index is 6.20. The summed E-state index contributed by atoms with van der Waals surface area (Å²) < 4.78 is 6.20. The minimum atomic E-state index is 0.205. The van der Waals surface area contributed by atoms with Crippen molar-refractivity contribution in [3.63, 3.8) is 0 Å². The summed E-state index contributed by atoms with van der Waals surface area (Å²) in [5.74, 6) is 3.65. The Balaban J connectivity index is 1.36. The number of thioether (sulfide) groups is 1. The lowest BCUT2D eigenvalue weighted by Crippen LogP contribution is -2.48. The quantitative estimate of drug-likeness (QED) is 0.699. The summed E-state index contributed by atoms with van der Waals surface area (Å²) in [6.45, 7) is 2.20. The molecule has 0 radical (unpaired) electrons. The van der Waals surface area contributed by atoms with Crippen LogP contribution in [0.15, 0.2) is 40.0 Å². The summed E-state index contributed by atoms with van der Waals surface area (Å²) in [7, 11) is 0. The van der Waals surface area contributed by atoms with Crippen LogP contribution >= 0.6 is 11.8 Å². The van der Waals surface area contributed by atoms with Gasteiger partial charge in [-0.2, -0.15) is 0 Å². The summed E-state index contributed by atoms with van der Waals surface area (Å²) in [4.78, 5) is 0. The molecule has 4 aliphatic rings. The lowest BCUT2D eigenvalue weighted by atomic mass is 9.49. The van der Waals surface area contributed by atoms with E-state index in [4.69, 9.17) is 4.42 Å². The Morgan fingerprint density at radius 2 is 1.62 bits per heavy atom. The van der Waals surface area contributed by atoms with Crippen molar-refractivity contribution in [2.75, 3.05) is 0 Å². The Kier molecular flexibility index (Phi) is 3.51. The maximum absolute atomic E-state index is 6.20. The average molecular weight is 340 g/mol. The third kappa shape index (κ3) is 2.50. The van der Waals surface area contributed by atoms with Gasteiger partial charge in [-0.15, -0.1) is 10.2 Å². The largest absolute Gasteiger partial charge is 0.415 e. The van der Waals surface area contributed by atoms with Gasteiger partial charge in [-0.05, 0) is 68.8 Å². The molecule has 4 fully saturated rings. The van der Waals surface area contributed by atoms with Gasteiger partial charge < -0.3 is 4.42 Å². The molecule has 126 valence electrons. The molecule has 3 nitrogen and oxygen atoms in total. The summed E-state index contributed by atoms with van der Waals surface area (Å²) >= 11 is 1.68. The van der Waals surface area contributed by atoms with Gasteiger partial charge in [0.1, 0.15) is 0 Å². The molecule has 0 spiro atoms. The highest BCUT2D eigenvalue weighted by atomic mass is 32.2. The van der Waals surface area contributed by atoms with Crippen molar-refractivity contribution in [3.05, 3.63) is 41.8 Å². The Bertz CT molecular complexity index is 691. The molecule has 0 saturated heterocycles. The molecule has 6 rings (SSSR count). The summed E-state index contributed by atoms with van der Waals surface area (Å²) in [6.07, 6.45) is 8.17. The average Bonchev–Trinajstić information content (AvgIpc) is 3.04. The predicted octanol–water partition coefficient (Wildman–Crippen LogP) is 5.39. The first-order chi connectivity index (χ1) is 11.7. The van der Waals surface area contributed by atoms with Crippen LogP contribution in [0.4, 0.5) is 0 Å². The maximum Gasteiger partial charge on any atom is 0.277 e. The molecule has 4 heteroatoms. The summed E-state index contributed by atoms with van der Waals surface area (Å²) in [6, 6.07) is 10.5. The Morgan fingerprint density at radius 3 is 2.25 bits per heavy atom. The Labute approximate surface area is 147 Å². The van der Waals surface area contributed by atoms with Crippen LogP contribution in [-0.2, 0) is 5.41 Å². The van der Waals surface area contributed by atoms with Crippen LogP contribution in [0.25, 0.3) is 0 Å². The van der Waals surface area contributed by atoms with Gasteiger partial charge in [-0.25, -0.2) is 0 Å². The summed E-state index contributed by atoms with van der Waals surface area (Å²) in [5.41, 5.74) is 1.51. The minimum Gasteiger partial charge on any atom is -0.415 e. The molecule has 0 amide bonds. The zero-order chi connectivity index (χ0) is 16.1. The molecule has 24 heavy (non-hydrogen) atoms. The van der Waals surface area contributed by atoms with Gasteiger partial charge in [0.25, 0.3) is 5.22 Å². The van der Waals surface area contributed by atoms with E-state index in [1.165, 1.54) is 44.1 Å². The second-order valence-electron chi connectivity index (χ2n) is 8.24. The van der Waals surface area contributed by atoms with Gasteiger partial charge in [-0.3, -0.25) is 0 Å². The van der Waals surface area contributed by atoms with Crippen LogP contribution in [0.3, 0.4) is 0 Å². The molecule has 0 unspecified atom stereocenters. The van der Waals surface area contributed by atoms with Crippen LogP contribution in [0, 0.1) is 17.8 Å². The normalized spacial score (nSPS) is 35.3. The van der Waals surface area contributed by atoms with E-state index < -0.39 is 0 Å². The van der Waals surface area contributed by atoms with Crippen molar-refractivity contribution in [1.29, 1.82) is 0 Å². The lowest BCUT2D eigenvalue weighted by molar-refractivity contribution is -0.0191. The standard InChI is InChI=1S/C20H24N2OS/c1-13(17-5-3-2-4-6-17)24-19-22-21-18(23-19)20-10-14-7-15(11-20)9-16(8-14)12-20/h2-6,13-16H,7-12H2,1H3/t13-,14?,15?,16?,20?/m0/s1. The monoisotopic (exact) mass is 340 g/mol. The first-order valence-corrected chi connectivity index (χ1v) is 10.1. The SMILES string of the molecule is C[C@H](Sc1nnc(C23CC4CC(CC(C4)C2)C3)o1)c1ccccc1. The number of hydrogen-bond acceptors (Lipinski definition) is 4. The van der Waals surface area contributed by atoms with E-state index in [-0.39, 0.29) is 5.41 Å². The van der Waals surface area contributed by atoms with E-state index in [9.17, 15) is 0 Å². The van der Waals surface area contributed by atoms with Gasteiger partial charge in [0.15, 0.2) is 0 Å². The molecular formula is C20H24N2OS. The van der Waals surface area contributed by atoms with E-state index in [0.29, 0.717) is 5.25 Å². The minimum absolute atomic E-state index is 0.205. The molecule has 1 aromatic heterocycles. The number of rotatable bonds is 4. The van der Waals surface area contributed by atoms with Crippen LogP contribution in [0.2, 0.25) is 0 Å². The second-order valence-corrected chi connectivity index (χ2v) is 9.53. The van der Waals surface area contributed by atoms with Crippen LogP contribution in [-0.4, -0.2) is 10.2 Å². The van der Waals surface area contributed by atoms with Crippen molar-refractivity contribution >= 4 is 11.8 Å². The molecule has 4 aliphatic carbocycles. The first-order valence-electron chi connectivity index (χ1n) is 9.26. The fraction of sp³-hybridized carbons (Fsp3) is 0.600. The lowest BCUT2D eigenvalue weighted by Gasteiger charge is -2.55. The van der Waals surface area contributed by atoms with Gasteiger partial charge in [0.2, 0.25) is 5.89 Å². The Morgan fingerprint density at radius 1 is 1.00 bits per heavy atom. The molecule has 4 saturated carbocycles. The number of benzene rings is 1. The zero-order valence-electron chi connectivity index (χ0n) is 14.1. The van der Waals surface area contributed by atoms with E-state index in [1.54, 1.807) is 11.8 Å². The molecule has 0 aliphatic heterocycles. The summed E-state index contributed by atoms with van der Waals surface area (Å²) in [5, 5.41) is 9.96. The second kappa shape index (κ2) is 5.62. The van der Waals surface area contributed by atoms with E-state index in [1.807, 2.05) is 0 Å². The number of hydrogen-bond donors (Lipinski definition) is 0. The van der Waals surface area contributed by atoms with E-state index in [2.05, 4.69) is 47.5 Å². The molecule has 0 N–H and O–H groups in total. The van der Waals surface area contributed by atoms with Crippen molar-refractivity contribution in [3.8, 4) is 0 Å². The molecule has 1 heterocycles. The van der Waals surface area contributed by atoms with Gasteiger partial charge >= 0.3 is 0 Å². The number of aromatic nitrogens is 2.